The lowest BCUT2D eigenvalue weighted by Gasteiger charge is -2.27. The van der Waals surface area contributed by atoms with Crippen molar-refractivity contribution in [3.63, 3.8) is 0 Å². The van der Waals surface area contributed by atoms with Crippen LogP contribution in [0, 0.1) is 0 Å². The molecule has 0 atom stereocenters. The molecule has 0 bridgehead atoms. The predicted molar refractivity (Wildman–Crippen MR) is 72.2 cm³/mol. The highest BCUT2D eigenvalue weighted by molar-refractivity contribution is 8.23. The Morgan fingerprint density at radius 1 is 1.00 bits per heavy atom. The number of benzene rings is 1. The first kappa shape index (κ1) is 19.0. The SMILES string of the molecule is FC(F)(F)C(F)(F)C(F)(F)SC(=S)OCCc1ccccc1. The highest BCUT2D eigenvalue weighted by Crippen LogP contribution is 2.52. The van der Waals surface area contributed by atoms with E-state index in [1.807, 2.05) is 0 Å². The minimum atomic E-state index is -6.39. The van der Waals surface area contributed by atoms with Gasteiger partial charge < -0.3 is 4.74 Å². The summed E-state index contributed by atoms with van der Waals surface area (Å²) in [4.78, 5) is 0. The van der Waals surface area contributed by atoms with Crippen molar-refractivity contribution in [2.75, 3.05) is 6.61 Å². The van der Waals surface area contributed by atoms with E-state index >= 15 is 0 Å². The van der Waals surface area contributed by atoms with Gasteiger partial charge in [0.2, 0.25) is 4.38 Å². The van der Waals surface area contributed by atoms with Crippen molar-refractivity contribution < 1.29 is 35.5 Å². The first-order chi connectivity index (χ1) is 9.97. The van der Waals surface area contributed by atoms with Crippen LogP contribution in [0.3, 0.4) is 0 Å². The average Bonchev–Trinajstić information content (AvgIpc) is 2.37. The van der Waals surface area contributed by atoms with Gasteiger partial charge in [-0.25, -0.2) is 0 Å². The maximum Gasteiger partial charge on any atom is 0.460 e. The number of thiocarbonyl (C=S) groups is 1. The molecule has 10 heteroatoms. The molecule has 0 saturated carbocycles. The van der Waals surface area contributed by atoms with Crippen LogP contribution in [0.2, 0.25) is 0 Å². The van der Waals surface area contributed by atoms with Crippen molar-refractivity contribution in [3.8, 4) is 0 Å². The Labute approximate surface area is 130 Å². The van der Waals surface area contributed by atoms with E-state index in [0.717, 1.165) is 5.56 Å². The second-order valence-corrected chi connectivity index (χ2v) is 5.74. The van der Waals surface area contributed by atoms with Gasteiger partial charge in [0.05, 0.1) is 6.61 Å². The van der Waals surface area contributed by atoms with Gasteiger partial charge in [0.25, 0.3) is 0 Å². The Kier molecular flexibility index (Phi) is 6.08. The molecule has 0 amide bonds. The second kappa shape index (κ2) is 7.03. The van der Waals surface area contributed by atoms with Crippen LogP contribution in [0.15, 0.2) is 30.3 Å². The Balaban J connectivity index is 2.53. The van der Waals surface area contributed by atoms with Crippen LogP contribution >= 0.6 is 24.0 Å². The second-order valence-electron chi connectivity index (χ2n) is 4.03. The molecule has 124 valence electrons. The van der Waals surface area contributed by atoms with Gasteiger partial charge in [-0.3, -0.25) is 0 Å². The van der Waals surface area contributed by atoms with Crippen LogP contribution in [0.4, 0.5) is 30.7 Å². The van der Waals surface area contributed by atoms with Crippen molar-refractivity contribution in [1.29, 1.82) is 0 Å². The third-order valence-corrected chi connectivity index (χ3v) is 3.55. The number of halogens is 7. The van der Waals surface area contributed by atoms with Crippen LogP contribution in [0.5, 0.6) is 0 Å². The maximum absolute atomic E-state index is 13.0. The molecule has 22 heavy (non-hydrogen) atoms. The molecule has 0 aliphatic carbocycles. The molecule has 0 spiro atoms. The molecule has 0 fully saturated rings. The molecule has 1 rings (SSSR count). The van der Waals surface area contributed by atoms with E-state index in [1.54, 1.807) is 30.3 Å². The predicted octanol–water partition coefficient (Wildman–Crippen LogP) is 5.05. The fraction of sp³-hybridized carbons (Fsp3) is 0.417. The first-order valence-corrected chi connectivity index (χ1v) is 6.92. The minimum absolute atomic E-state index is 0.219. The van der Waals surface area contributed by atoms with E-state index in [0.29, 0.717) is 0 Å². The monoisotopic (exact) mass is 366 g/mol. The third kappa shape index (κ3) is 4.73. The summed E-state index contributed by atoms with van der Waals surface area (Å²) in [6, 6.07) is 8.56. The van der Waals surface area contributed by atoms with Gasteiger partial charge in [0.15, 0.2) is 0 Å². The minimum Gasteiger partial charge on any atom is -0.478 e. The zero-order chi connectivity index (χ0) is 17.0. The van der Waals surface area contributed by atoms with Crippen molar-refractivity contribution in [3.05, 3.63) is 35.9 Å². The van der Waals surface area contributed by atoms with E-state index in [-0.39, 0.29) is 13.0 Å². The lowest BCUT2D eigenvalue weighted by atomic mass is 10.2. The van der Waals surface area contributed by atoms with E-state index in [4.69, 9.17) is 0 Å². The fourth-order valence-electron chi connectivity index (χ4n) is 1.26. The molecule has 0 aliphatic rings. The van der Waals surface area contributed by atoms with Gasteiger partial charge >= 0.3 is 17.4 Å². The molecule has 0 unspecified atom stereocenters. The highest BCUT2D eigenvalue weighted by Gasteiger charge is 2.74. The number of ether oxygens (including phenoxy) is 1. The van der Waals surface area contributed by atoms with Gasteiger partial charge in [-0.2, -0.15) is 30.7 Å². The summed E-state index contributed by atoms with van der Waals surface area (Å²) in [6.07, 6.45) is -6.15. The molecule has 1 aromatic carbocycles. The van der Waals surface area contributed by atoms with E-state index in [1.165, 1.54) is 0 Å². The standard InChI is InChI=1S/C12H9F7OS2/c13-10(14,11(15,16)17)12(18,19)22-9(21)20-7-6-8-4-2-1-3-5-8/h1-5H,6-7H2. The number of alkyl halides is 7. The van der Waals surface area contributed by atoms with Crippen LogP contribution < -0.4 is 0 Å². The Hall–Kier alpha value is -1.03. The summed E-state index contributed by atoms with van der Waals surface area (Å²) in [6.45, 7) is -0.219. The summed E-state index contributed by atoms with van der Waals surface area (Å²) in [7, 11) is 0. The quantitative estimate of drug-likeness (QED) is 0.533. The van der Waals surface area contributed by atoms with Crippen molar-refractivity contribution in [1.82, 2.24) is 0 Å². The van der Waals surface area contributed by atoms with Gasteiger partial charge in [0, 0.05) is 18.2 Å². The van der Waals surface area contributed by atoms with Gasteiger partial charge in [-0.15, -0.1) is 0 Å². The molecule has 0 heterocycles. The molecule has 1 aromatic rings. The Bertz CT molecular complexity index is 502. The number of rotatable bonds is 5. The topological polar surface area (TPSA) is 9.23 Å². The molecule has 0 aliphatic heterocycles. The zero-order valence-corrected chi connectivity index (χ0v) is 12.3. The molecule has 0 radical (unpaired) electrons. The zero-order valence-electron chi connectivity index (χ0n) is 10.7. The molecule has 0 N–H and O–H groups in total. The number of thioether (sulfide) groups is 1. The van der Waals surface area contributed by atoms with Gasteiger partial charge in [-0.05, 0) is 17.8 Å². The lowest BCUT2D eigenvalue weighted by Crippen LogP contribution is -2.50. The highest BCUT2D eigenvalue weighted by atomic mass is 32.2. The largest absolute Gasteiger partial charge is 0.478 e. The molecule has 1 nitrogen and oxygen atoms in total. The molecule has 0 aromatic heterocycles. The van der Waals surface area contributed by atoms with Gasteiger partial charge in [-0.1, -0.05) is 30.3 Å². The molecular formula is C12H9F7OS2. The first-order valence-electron chi connectivity index (χ1n) is 5.69. The maximum atomic E-state index is 13.0. The van der Waals surface area contributed by atoms with Crippen molar-refractivity contribution >= 4 is 28.4 Å². The van der Waals surface area contributed by atoms with Gasteiger partial charge in [0.1, 0.15) is 0 Å². The fourth-order valence-corrected chi connectivity index (χ4v) is 2.25. The van der Waals surface area contributed by atoms with E-state index in [9.17, 15) is 30.7 Å². The third-order valence-electron chi connectivity index (χ3n) is 2.39. The summed E-state index contributed by atoms with van der Waals surface area (Å²) in [5.74, 6) is -6.21. The van der Waals surface area contributed by atoms with E-state index < -0.39 is 33.5 Å². The number of hydrogen-bond donors (Lipinski definition) is 0. The average molecular weight is 366 g/mol. The summed E-state index contributed by atoms with van der Waals surface area (Å²) in [5.41, 5.74) is 0.766. The Morgan fingerprint density at radius 2 is 1.55 bits per heavy atom. The number of hydrogen-bond acceptors (Lipinski definition) is 3. The molecule has 0 saturated heterocycles. The summed E-state index contributed by atoms with van der Waals surface area (Å²) in [5, 5.41) is -5.45. The van der Waals surface area contributed by atoms with Crippen LogP contribution in [0.25, 0.3) is 0 Å². The lowest BCUT2D eigenvalue weighted by molar-refractivity contribution is -0.330. The van der Waals surface area contributed by atoms with Crippen LogP contribution in [-0.4, -0.2) is 28.3 Å². The summed E-state index contributed by atoms with van der Waals surface area (Å²) < 4.78 is 90.6. The van der Waals surface area contributed by atoms with Crippen LogP contribution in [-0.2, 0) is 11.2 Å². The van der Waals surface area contributed by atoms with Crippen LogP contribution in [0.1, 0.15) is 5.56 Å². The normalized spacial score (nSPS) is 13.0. The summed E-state index contributed by atoms with van der Waals surface area (Å²) >= 11 is 3.15. The van der Waals surface area contributed by atoms with Crippen molar-refractivity contribution in [2.24, 2.45) is 0 Å². The van der Waals surface area contributed by atoms with Crippen molar-refractivity contribution in [2.45, 2.75) is 23.8 Å². The molecular weight excluding hydrogens is 357 g/mol. The smallest absolute Gasteiger partial charge is 0.460 e. The Morgan fingerprint density at radius 3 is 2.05 bits per heavy atom. The van der Waals surface area contributed by atoms with E-state index in [2.05, 4.69) is 17.0 Å².